The van der Waals surface area contributed by atoms with E-state index in [1.165, 1.54) is 6.33 Å². The first-order valence-electron chi connectivity index (χ1n) is 9.72. The Morgan fingerprint density at radius 2 is 2.10 bits per heavy atom. The number of amides is 2. The zero-order valence-corrected chi connectivity index (χ0v) is 16.4. The molecule has 2 aromatic rings. The Morgan fingerprint density at radius 1 is 1.31 bits per heavy atom. The van der Waals surface area contributed by atoms with Gasteiger partial charge in [-0.25, -0.2) is 4.98 Å². The number of piperazine rings is 1. The molecule has 0 radical (unpaired) electrons. The molecule has 0 aliphatic carbocycles. The summed E-state index contributed by atoms with van der Waals surface area (Å²) in [5.41, 5.74) is 2.24. The molecule has 2 amide bonds. The number of H-pyrrole nitrogens is 1. The van der Waals surface area contributed by atoms with E-state index in [-0.39, 0.29) is 29.1 Å². The van der Waals surface area contributed by atoms with Gasteiger partial charge in [0.2, 0.25) is 5.91 Å². The molecule has 7 nitrogen and oxygen atoms in total. The van der Waals surface area contributed by atoms with Crippen molar-refractivity contribution in [2.45, 2.75) is 37.9 Å². The molecule has 1 aromatic carbocycles. The van der Waals surface area contributed by atoms with Gasteiger partial charge in [-0.05, 0) is 29.5 Å². The summed E-state index contributed by atoms with van der Waals surface area (Å²) in [5, 5.41) is 6.34. The topological polar surface area (TPSA) is 90.1 Å². The minimum atomic E-state index is -0.536. The third-order valence-electron chi connectivity index (χ3n) is 6.80. The highest BCUT2D eigenvalue weighted by molar-refractivity contribution is 6.08. The first-order chi connectivity index (χ1) is 13.9. The van der Waals surface area contributed by atoms with Gasteiger partial charge in [0.25, 0.3) is 5.91 Å². The van der Waals surface area contributed by atoms with Gasteiger partial charge in [0, 0.05) is 11.1 Å². The van der Waals surface area contributed by atoms with Crippen LogP contribution in [0.1, 0.15) is 31.5 Å². The lowest BCUT2D eigenvalue weighted by Crippen LogP contribution is -2.59. The van der Waals surface area contributed by atoms with Crippen LogP contribution in [0.25, 0.3) is 6.08 Å². The highest BCUT2D eigenvalue weighted by Gasteiger charge is 2.66. The summed E-state index contributed by atoms with van der Waals surface area (Å²) in [6, 6.07) is 7.57. The van der Waals surface area contributed by atoms with Gasteiger partial charge in [-0.2, -0.15) is 0 Å². The highest BCUT2D eigenvalue weighted by atomic mass is 16.2. The van der Waals surface area contributed by atoms with E-state index in [0.29, 0.717) is 12.1 Å². The van der Waals surface area contributed by atoms with E-state index < -0.39 is 11.5 Å². The zero-order chi connectivity index (χ0) is 20.4. The predicted octanol–water partition coefficient (Wildman–Crippen LogP) is 2.38. The maximum absolute atomic E-state index is 13.5. The van der Waals surface area contributed by atoms with Crippen molar-refractivity contribution in [3.05, 3.63) is 66.4 Å². The smallest absolute Gasteiger partial charge is 0.272 e. The third-order valence-corrected chi connectivity index (χ3v) is 6.80. The lowest BCUT2D eigenvalue weighted by molar-refractivity contribution is -0.141. The Bertz CT molecular complexity index is 1050. The number of hydrogen-bond donors (Lipinski definition) is 3. The van der Waals surface area contributed by atoms with Gasteiger partial charge < -0.3 is 20.5 Å². The van der Waals surface area contributed by atoms with E-state index in [1.54, 1.807) is 17.2 Å². The molecule has 2 fully saturated rings. The van der Waals surface area contributed by atoms with E-state index in [4.69, 9.17) is 0 Å². The molecule has 3 atom stereocenters. The number of para-hydroxylation sites is 1. The number of imidazole rings is 1. The first-order valence-corrected chi connectivity index (χ1v) is 9.72. The molecule has 2 saturated heterocycles. The normalized spacial score (nSPS) is 29.2. The molecule has 4 heterocycles. The molecule has 7 heteroatoms. The van der Waals surface area contributed by atoms with Gasteiger partial charge in [-0.3, -0.25) is 9.59 Å². The largest absolute Gasteiger partial charge is 0.364 e. The molecule has 0 bridgehead atoms. The summed E-state index contributed by atoms with van der Waals surface area (Å²) in [6.45, 7) is 8.32. The van der Waals surface area contributed by atoms with Crippen molar-refractivity contribution in [2.24, 2.45) is 5.41 Å². The lowest BCUT2D eigenvalue weighted by Gasteiger charge is -2.43. The zero-order valence-electron chi connectivity index (χ0n) is 16.4. The molecule has 5 rings (SSSR count). The lowest BCUT2D eigenvalue weighted by atomic mass is 9.60. The summed E-state index contributed by atoms with van der Waals surface area (Å²) in [4.78, 5) is 35.1. The van der Waals surface area contributed by atoms with Crippen molar-refractivity contribution >= 4 is 23.6 Å². The van der Waals surface area contributed by atoms with E-state index >= 15 is 0 Å². The van der Waals surface area contributed by atoms with Crippen LogP contribution in [0, 0.1) is 5.41 Å². The van der Waals surface area contributed by atoms with Crippen LogP contribution < -0.4 is 10.6 Å². The van der Waals surface area contributed by atoms with Crippen LogP contribution in [0.2, 0.25) is 0 Å². The molecular weight excluding hydrogens is 366 g/mol. The predicted molar refractivity (Wildman–Crippen MR) is 109 cm³/mol. The van der Waals surface area contributed by atoms with Gasteiger partial charge in [0.1, 0.15) is 17.9 Å². The number of fused-ring (bicyclic) bond motifs is 5. The summed E-state index contributed by atoms with van der Waals surface area (Å²) in [7, 11) is 0. The molecule has 29 heavy (non-hydrogen) atoms. The number of nitrogens with one attached hydrogen (secondary N) is 3. The quantitative estimate of drug-likeness (QED) is 0.555. The van der Waals surface area contributed by atoms with E-state index in [9.17, 15) is 9.59 Å². The standard InChI is InChI=1S/C22H23N5O2/c1-4-21(2,3)22-10-17-18(28)25-16(9-13-11-23-12-24-13)19(29)27(17)20(22)26-15-8-6-5-7-14(15)22/h4-9,11-12,17,20,26H,1,10H2,2-3H3,(H,23,24)(H,25,28)/b16-9-/t17-,20+,22+/m1/s1. The summed E-state index contributed by atoms with van der Waals surface area (Å²) < 4.78 is 0. The minimum absolute atomic E-state index is 0.164. The Hall–Kier alpha value is -3.35. The average Bonchev–Trinajstić information content (AvgIpc) is 3.40. The molecule has 0 saturated carbocycles. The van der Waals surface area contributed by atoms with Crippen molar-refractivity contribution in [1.29, 1.82) is 0 Å². The summed E-state index contributed by atoms with van der Waals surface area (Å²) in [5.74, 6) is -0.362. The fourth-order valence-corrected chi connectivity index (χ4v) is 5.16. The number of rotatable bonds is 3. The minimum Gasteiger partial charge on any atom is -0.364 e. The Balaban J connectivity index is 1.65. The van der Waals surface area contributed by atoms with Crippen LogP contribution in [-0.2, 0) is 15.0 Å². The van der Waals surface area contributed by atoms with Crippen molar-refractivity contribution < 1.29 is 9.59 Å². The van der Waals surface area contributed by atoms with Crippen LogP contribution in [0.15, 0.2) is 55.1 Å². The number of allylic oxidation sites excluding steroid dienone is 1. The number of aromatic amines is 1. The van der Waals surface area contributed by atoms with Crippen molar-refractivity contribution in [1.82, 2.24) is 20.2 Å². The number of anilines is 1. The van der Waals surface area contributed by atoms with Crippen LogP contribution in [0.3, 0.4) is 0 Å². The van der Waals surface area contributed by atoms with Crippen LogP contribution in [0.5, 0.6) is 0 Å². The molecule has 0 unspecified atom stereocenters. The van der Waals surface area contributed by atoms with Gasteiger partial charge >= 0.3 is 0 Å². The molecule has 3 N–H and O–H groups in total. The van der Waals surface area contributed by atoms with Crippen molar-refractivity contribution in [3.63, 3.8) is 0 Å². The Morgan fingerprint density at radius 3 is 2.83 bits per heavy atom. The monoisotopic (exact) mass is 389 g/mol. The SMILES string of the molecule is C=CC(C)(C)[C@]12C[C@@H]3C(=O)N/C(=C\c4cnc[nH]4)C(=O)N3[C@@H]1Nc1ccccc12. The van der Waals surface area contributed by atoms with Crippen molar-refractivity contribution in [3.8, 4) is 0 Å². The van der Waals surface area contributed by atoms with Crippen LogP contribution >= 0.6 is 0 Å². The maximum Gasteiger partial charge on any atom is 0.272 e. The second kappa shape index (κ2) is 5.83. The second-order valence-corrected chi connectivity index (χ2v) is 8.48. The summed E-state index contributed by atoms with van der Waals surface area (Å²) in [6.07, 6.45) is 6.91. The number of carbonyl (C=O) groups is 2. The Kier molecular flexibility index (Phi) is 3.56. The number of aromatic nitrogens is 2. The molecular formula is C22H23N5O2. The third kappa shape index (κ3) is 2.21. The van der Waals surface area contributed by atoms with Crippen LogP contribution in [-0.4, -0.2) is 38.9 Å². The highest BCUT2D eigenvalue weighted by Crippen LogP contribution is 2.60. The molecule has 1 aromatic heterocycles. The van der Waals surface area contributed by atoms with Gasteiger partial charge in [-0.15, -0.1) is 6.58 Å². The number of nitrogens with zero attached hydrogens (tertiary/aromatic N) is 2. The molecule has 3 aliphatic heterocycles. The number of hydrogen-bond acceptors (Lipinski definition) is 4. The number of carbonyl (C=O) groups excluding carboxylic acids is 2. The average molecular weight is 389 g/mol. The van der Waals surface area contributed by atoms with E-state index in [0.717, 1.165) is 11.3 Å². The van der Waals surface area contributed by atoms with E-state index in [2.05, 4.69) is 47.1 Å². The Labute approximate surface area is 168 Å². The first kappa shape index (κ1) is 17.7. The van der Waals surface area contributed by atoms with Crippen molar-refractivity contribution in [2.75, 3.05) is 5.32 Å². The van der Waals surface area contributed by atoms with Gasteiger partial charge in [0.05, 0.1) is 18.2 Å². The molecule has 0 spiro atoms. The van der Waals surface area contributed by atoms with Gasteiger partial charge in [0.15, 0.2) is 0 Å². The maximum atomic E-state index is 13.5. The fraction of sp³-hybridized carbons (Fsp3) is 0.318. The van der Waals surface area contributed by atoms with Crippen LogP contribution in [0.4, 0.5) is 5.69 Å². The summed E-state index contributed by atoms with van der Waals surface area (Å²) >= 11 is 0. The molecule has 3 aliphatic rings. The second-order valence-electron chi connectivity index (χ2n) is 8.48. The number of benzene rings is 1. The van der Waals surface area contributed by atoms with E-state index in [1.807, 2.05) is 24.3 Å². The fourth-order valence-electron chi connectivity index (χ4n) is 5.16. The van der Waals surface area contributed by atoms with Gasteiger partial charge in [-0.1, -0.05) is 38.1 Å². The molecule has 148 valence electrons.